The van der Waals surface area contributed by atoms with E-state index >= 15 is 0 Å². The second kappa shape index (κ2) is 21.0. The lowest BCUT2D eigenvalue weighted by atomic mass is 9.95. The Bertz CT molecular complexity index is 4860. The molecule has 0 saturated heterocycles. The molecule has 0 N–H and O–H groups in total. The number of benzene rings is 12. The molecule has 0 radical (unpaired) electrons. The molecule has 0 nitrogen and oxygen atoms in total. The van der Waals surface area contributed by atoms with E-state index in [0.717, 1.165) is 98.4 Å². The maximum absolute atomic E-state index is 3.98. The second-order valence-corrected chi connectivity index (χ2v) is 33.8. The first-order chi connectivity index (χ1) is 38.7. The molecule has 0 bridgehead atoms. The minimum atomic E-state index is -1.92. The van der Waals surface area contributed by atoms with Crippen LogP contribution in [-0.2, 0) is 0 Å². The van der Waals surface area contributed by atoms with E-state index in [-0.39, 0.29) is 0 Å². The molecule has 12 aromatic rings. The minimum absolute atomic E-state index is 0.568. The molecular weight excluding hydrogens is 993 g/mol. The fraction of sp³-hybridized carbons (Fsp3) is 0.154. The third kappa shape index (κ3) is 9.83. The van der Waals surface area contributed by atoms with Gasteiger partial charge in [-0.2, -0.15) is 0 Å². The van der Waals surface area contributed by atoms with Gasteiger partial charge in [-0.1, -0.05) is 206 Å². The van der Waals surface area contributed by atoms with Crippen LogP contribution in [0.1, 0.15) is 86.1 Å². The number of hydrogen-bond donors (Lipinski definition) is 0. The van der Waals surface area contributed by atoms with Crippen molar-refractivity contribution in [1.29, 1.82) is 0 Å². The first-order valence-electron chi connectivity index (χ1n) is 28.2. The smallest absolute Gasteiger partial charge is 0.127 e. The Balaban J connectivity index is 0.901. The first-order valence-corrected chi connectivity index (χ1v) is 33.9. The van der Waals surface area contributed by atoms with E-state index in [0.29, 0.717) is 16.6 Å². The molecule has 0 spiro atoms. The summed E-state index contributed by atoms with van der Waals surface area (Å²) in [4.78, 5) is 0. The van der Waals surface area contributed by atoms with Gasteiger partial charge >= 0.3 is 0 Å². The molecule has 0 aliphatic heterocycles. The van der Waals surface area contributed by atoms with Crippen molar-refractivity contribution >= 4 is 102 Å². The van der Waals surface area contributed by atoms with Crippen molar-refractivity contribution in [3.05, 3.63) is 239 Å². The van der Waals surface area contributed by atoms with Crippen molar-refractivity contribution in [1.82, 2.24) is 0 Å². The van der Waals surface area contributed by atoms with E-state index in [2.05, 4.69) is 314 Å². The van der Waals surface area contributed by atoms with Crippen LogP contribution in [0, 0.1) is 58.5 Å². The summed E-state index contributed by atoms with van der Waals surface area (Å²) in [7, 11) is -3.48. The molecule has 0 amide bonds. The van der Waals surface area contributed by atoms with E-state index < -0.39 is 16.1 Å². The maximum atomic E-state index is 3.98. The standard InChI is InChI=1S/C78H62Si2/c1-52(2)80(53(3)4,54(5)6)43-41-62-25-17-33-70-47-68-31-15-23-60(76(68)51-78(62)70)39-37-58-21-13-29-66-45-64-27-11-19-56(72(64)49-74(58)66)35-34-55-18-10-26-63-44-65-28-12-20-57(73(65)48-71(55)63)36-38-59-22-14-30-67-46-69-32-16-24-61(40-42-79(7,8)9)77(69)50-75(59)67/h10-33,44-54H,1-9H3. The van der Waals surface area contributed by atoms with Gasteiger partial charge in [0.25, 0.3) is 0 Å². The fourth-order valence-corrected chi connectivity index (χ4v) is 18.1. The molecule has 80 heavy (non-hydrogen) atoms. The molecular formula is C78H62Si2. The van der Waals surface area contributed by atoms with Crippen molar-refractivity contribution in [2.75, 3.05) is 0 Å². The van der Waals surface area contributed by atoms with Crippen LogP contribution in [0.15, 0.2) is 194 Å². The molecule has 0 fully saturated rings. The van der Waals surface area contributed by atoms with Crippen LogP contribution in [0.3, 0.4) is 0 Å². The Morgan fingerprint density at radius 3 is 0.613 bits per heavy atom. The van der Waals surface area contributed by atoms with Crippen molar-refractivity contribution < 1.29 is 0 Å². The molecule has 0 aromatic heterocycles. The lowest BCUT2D eigenvalue weighted by molar-refractivity contribution is 0.838. The van der Waals surface area contributed by atoms with Gasteiger partial charge in [0, 0.05) is 44.5 Å². The van der Waals surface area contributed by atoms with E-state index in [1.165, 1.54) is 32.3 Å². The first kappa shape index (κ1) is 51.7. The normalized spacial score (nSPS) is 11.7. The van der Waals surface area contributed by atoms with Crippen LogP contribution in [0.4, 0.5) is 0 Å². The predicted octanol–water partition coefficient (Wildman–Crippen LogP) is 19.9. The predicted molar refractivity (Wildman–Crippen MR) is 352 cm³/mol. The van der Waals surface area contributed by atoms with Gasteiger partial charge in [0.2, 0.25) is 0 Å². The van der Waals surface area contributed by atoms with E-state index in [9.17, 15) is 0 Å². The summed E-state index contributed by atoms with van der Waals surface area (Å²) < 4.78 is 0. The summed E-state index contributed by atoms with van der Waals surface area (Å²) >= 11 is 0. The third-order valence-corrected chi connectivity index (χ3v) is 23.5. The summed E-state index contributed by atoms with van der Waals surface area (Å²) in [6, 6.07) is 69.9. The van der Waals surface area contributed by atoms with Crippen molar-refractivity contribution in [3.8, 4) is 58.5 Å². The number of fused-ring (bicyclic) bond motifs is 8. The van der Waals surface area contributed by atoms with Gasteiger partial charge in [-0.15, -0.1) is 11.1 Å². The highest BCUT2D eigenvalue weighted by Gasteiger charge is 2.41. The number of rotatable bonds is 3. The monoisotopic (exact) mass is 1050 g/mol. The Morgan fingerprint density at radius 1 is 0.237 bits per heavy atom. The highest BCUT2D eigenvalue weighted by atomic mass is 28.3. The largest absolute Gasteiger partial charge is 0.146 e. The van der Waals surface area contributed by atoms with Crippen LogP contribution in [0.2, 0.25) is 36.3 Å². The summed E-state index contributed by atoms with van der Waals surface area (Å²) in [6.45, 7) is 21.1. The second-order valence-electron chi connectivity index (χ2n) is 23.5. The molecule has 0 atom stereocenters. The lowest BCUT2D eigenvalue weighted by Gasteiger charge is -2.38. The molecule has 0 unspecified atom stereocenters. The van der Waals surface area contributed by atoms with Crippen molar-refractivity contribution in [2.45, 2.75) is 77.8 Å². The van der Waals surface area contributed by atoms with Gasteiger partial charge in [0.15, 0.2) is 0 Å². The van der Waals surface area contributed by atoms with Gasteiger partial charge in [0.05, 0.1) is 0 Å². The Kier molecular flexibility index (Phi) is 13.5. The maximum Gasteiger partial charge on any atom is 0.146 e. The van der Waals surface area contributed by atoms with Gasteiger partial charge < -0.3 is 0 Å². The number of hydrogen-bond acceptors (Lipinski definition) is 0. The summed E-state index contributed by atoms with van der Waals surface area (Å²) in [5.74, 6) is 29.1. The third-order valence-electron chi connectivity index (χ3n) is 16.4. The van der Waals surface area contributed by atoms with Crippen LogP contribution in [0.25, 0.3) is 86.2 Å². The molecule has 0 aliphatic carbocycles. The van der Waals surface area contributed by atoms with E-state index in [1.807, 2.05) is 0 Å². The van der Waals surface area contributed by atoms with Crippen LogP contribution < -0.4 is 0 Å². The van der Waals surface area contributed by atoms with Crippen molar-refractivity contribution in [3.63, 3.8) is 0 Å². The lowest BCUT2D eigenvalue weighted by Crippen LogP contribution is -2.43. The zero-order valence-corrected chi connectivity index (χ0v) is 49.2. The average Bonchev–Trinajstić information content (AvgIpc) is 3.54. The quantitative estimate of drug-likeness (QED) is 0.0940. The Morgan fingerprint density at radius 2 is 0.425 bits per heavy atom. The summed E-state index contributed by atoms with van der Waals surface area (Å²) in [6.07, 6.45) is 0. The van der Waals surface area contributed by atoms with Gasteiger partial charge in [0.1, 0.15) is 16.1 Å². The zero-order chi connectivity index (χ0) is 55.3. The van der Waals surface area contributed by atoms with Gasteiger partial charge in [-0.25, -0.2) is 0 Å². The van der Waals surface area contributed by atoms with Crippen LogP contribution in [0.5, 0.6) is 0 Å². The highest BCUT2D eigenvalue weighted by molar-refractivity contribution is 6.90. The minimum Gasteiger partial charge on any atom is -0.127 e. The zero-order valence-electron chi connectivity index (χ0n) is 47.2. The van der Waals surface area contributed by atoms with E-state index in [4.69, 9.17) is 0 Å². The molecule has 2 heteroatoms. The molecule has 382 valence electrons. The molecule has 12 rings (SSSR count). The highest BCUT2D eigenvalue weighted by Crippen LogP contribution is 2.41. The fourth-order valence-electron chi connectivity index (χ4n) is 12.3. The molecule has 0 saturated carbocycles. The topological polar surface area (TPSA) is 0 Å². The molecule has 0 heterocycles. The average molecular weight is 1060 g/mol. The summed E-state index contributed by atoms with van der Waals surface area (Å²) in [5.41, 5.74) is 17.4. The van der Waals surface area contributed by atoms with Gasteiger partial charge in [-0.3, -0.25) is 0 Å². The van der Waals surface area contributed by atoms with Crippen molar-refractivity contribution in [2.24, 2.45) is 0 Å². The summed E-state index contributed by atoms with van der Waals surface area (Å²) in [5, 5.41) is 18.4. The van der Waals surface area contributed by atoms with Crippen LogP contribution in [-0.4, -0.2) is 16.1 Å². The SMILES string of the molecule is CC(C)[Si](C#Cc1cccc2cc3cccc(C#Cc4cccc5cc6cccc(C#Cc7cccc8cc9cccc(C#Cc%10cccc%11cc%12cccc(C#C[Si](C)(C)C)c%12cc%10%11)c9cc78)c6cc45)c3cc12)(C(C)C)C(C)C. The van der Waals surface area contributed by atoms with E-state index in [1.54, 1.807) is 0 Å². The Hall–Kier alpha value is -9.05. The molecule has 12 aromatic carbocycles. The van der Waals surface area contributed by atoms with Gasteiger partial charge in [-0.05, 0) is 200 Å². The van der Waals surface area contributed by atoms with Crippen LogP contribution >= 0.6 is 0 Å². The molecule has 0 aliphatic rings. The Labute approximate surface area is 474 Å².